The van der Waals surface area contributed by atoms with Gasteiger partial charge >= 0.3 is 11.7 Å². The molecule has 0 aliphatic heterocycles. The van der Waals surface area contributed by atoms with Gasteiger partial charge in [-0.15, -0.1) is 0 Å². The van der Waals surface area contributed by atoms with Crippen molar-refractivity contribution in [3.63, 3.8) is 0 Å². The van der Waals surface area contributed by atoms with Gasteiger partial charge in [0.1, 0.15) is 5.75 Å². The fourth-order valence-electron chi connectivity index (χ4n) is 4.15. The van der Waals surface area contributed by atoms with Crippen LogP contribution in [0.5, 0.6) is 11.8 Å². The first-order chi connectivity index (χ1) is 17.0. The van der Waals surface area contributed by atoms with Crippen molar-refractivity contribution in [3.8, 4) is 11.8 Å². The molecule has 8 nitrogen and oxygen atoms in total. The molecule has 0 amide bonds. The van der Waals surface area contributed by atoms with E-state index in [1.54, 1.807) is 4.57 Å². The third kappa shape index (κ3) is 5.04. The average molecular weight is 497 g/mol. The topological polar surface area (TPSA) is 91.3 Å². The molecule has 0 unspecified atom stereocenters. The summed E-state index contributed by atoms with van der Waals surface area (Å²) < 4.78 is 10.7. The lowest BCUT2D eigenvalue weighted by Gasteiger charge is -2.13. The van der Waals surface area contributed by atoms with Gasteiger partial charge in [-0.3, -0.25) is 18.5 Å². The molecule has 0 aliphatic carbocycles. The second-order valence-electron chi connectivity index (χ2n) is 8.22. The Morgan fingerprint density at radius 2 is 1.71 bits per heavy atom. The van der Waals surface area contributed by atoms with Gasteiger partial charge in [0.2, 0.25) is 0 Å². The van der Waals surface area contributed by atoms with E-state index in [-0.39, 0.29) is 19.2 Å². The molecule has 0 radical (unpaired) electrons. The van der Waals surface area contributed by atoms with Crippen LogP contribution in [0.2, 0.25) is 5.02 Å². The summed E-state index contributed by atoms with van der Waals surface area (Å²) in [7, 11) is 0. The maximum atomic E-state index is 13.5. The Morgan fingerprint density at radius 3 is 2.40 bits per heavy atom. The summed E-state index contributed by atoms with van der Waals surface area (Å²) in [5.41, 5.74) is 1.77. The molecule has 2 aromatic heterocycles. The highest BCUT2D eigenvalue weighted by molar-refractivity contribution is 6.30. The number of hydrogen-bond acceptors (Lipinski definition) is 5. The second kappa shape index (κ2) is 10.9. The molecule has 9 heteroatoms. The predicted molar refractivity (Wildman–Crippen MR) is 137 cm³/mol. The highest BCUT2D eigenvalue weighted by Crippen LogP contribution is 2.28. The number of rotatable bonds is 10. The van der Waals surface area contributed by atoms with Crippen molar-refractivity contribution in [2.75, 3.05) is 6.61 Å². The van der Waals surface area contributed by atoms with Crippen molar-refractivity contribution in [2.45, 2.75) is 52.7 Å². The third-order valence-electron chi connectivity index (χ3n) is 6.03. The van der Waals surface area contributed by atoms with E-state index in [4.69, 9.17) is 16.3 Å². The standard InChI is InChI=1S/C26H29ClN4O4/c1-3-19-8-5-6-9-21(19)35-25-28-23-22(30(25)16-14-18-10-12-20(27)13-11-18)24(33)31(15-7-17-32)26(34)29(23)4-2/h5-6,8-13,32H,3-4,7,14-17H2,1-2H3. The number of halogens is 1. The quantitative estimate of drug-likeness (QED) is 0.358. The maximum Gasteiger partial charge on any atom is 0.332 e. The molecule has 35 heavy (non-hydrogen) atoms. The smallest absolute Gasteiger partial charge is 0.332 e. The van der Waals surface area contributed by atoms with E-state index < -0.39 is 11.2 Å². The first-order valence-corrected chi connectivity index (χ1v) is 12.2. The van der Waals surface area contributed by atoms with Crippen LogP contribution >= 0.6 is 11.6 Å². The van der Waals surface area contributed by atoms with Crippen LogP contribution < -0.4 is 16.0 Å². The van der Waals surface area contributed by atoms with Crippen molar-refractivity contribution in [3.05, 3.63) is 85.5 Å². The summed E-state index contributed by atoms with van der Waals surface area (Å²) in [6.07, 6.45) is 1.68. The molecule has 0 aliphatic rings. The minimum Gasteiger partial charge on any atom is -0.425 e. The van der Waals surface area contributed by atoms with Crippen LogP contribution in [0.3, 0.4) is 0 Å². The fourth-order valence-corrected chi connectivity index (χ4v) is 4.28. The molecule has 2 heterocycles. The van der Waals surface area contributed by atoms with Crippen LogP contribution in [-0.2, 0) is 32.5 Å². The van der Waals surface area contributed by atoms with Gasteiger partial charge in [-0.25, -0.2) is 4.79 Å². The van der Waals surface area contributed by atoms with Crippen molar-refractivity contribution in [1.82, 2.24) is 18.7 Å². The number of aliphatic hydroxyl groups excluding tert-OH is 1. The van der Waals surface area contributed by atoms with Gasteiger partial charge in [0, 0.05) is 31.3 Å². The van der Waals surface area contributed by atoms with Crippen LogP contribution in [0.1, 0.15) is 31.4 Å². The molecule has 184 valence electrons. The summed E-state index contributed by atoms with van der Waals surface area (Å²) in [6, 6.07) is 15.5. The van der Waals surface area contributed by atoms with Gasteiger partial charge in [0.05, 0.1) is 0 Å². The molecule has 0 fully saturated rings. The highest BCUT2D eigenvalue weighted by atomic mass is 35.5. The van der Waals surface area contributed by atoms with Gasteiger partial charge < -0.3 is 9.84 Å². The van der Waals surface area contributed by atoms with Crippen LogP contribution in [0.15, 0.2) is 58.1 Å². The number of benzene rings is 2. The Hall–Kier alpha value is -3.36. The SMILES string of the molecule is CCc1ccccc1Oc1nc2c(c(=O)n(CCCO)c(=O)n2CC)n1CCc1ccc(Cl)cc1. The lowest BCUT2D eigenvalue weighted by atomic mass is 10.1. The zero-order valence-corrected chi connectivity index (χ0v) is 20.7. The summed E-state index contributed by atoms with van der Waals surface area (Å²) in [6.45, 7) is 4.64. The van der Waals surface area contributed by atoms with Crippen molar-refractivity contribution < 1.29 is 9.84 Å². The number of para-hydroxylation sites is 1. The molecule has 2 aromatic carbocycles. The Morgan fingerprint density at radius 1 is 0.971 bits per heavy atom. The van der Waals surface area contributed by atoms with Crippen LogP contribution in [0.4, 0.5) is 0 Å². The predicted octanol–water partition coefficient (Wildman–Crippen LogP) is 4.01. The number of aromatic nitrogens is 4. The van der Waals surface area contributed by atoms with Crippen LogP contribution in [-0.4, -0.2) is 30.4 Å². The first-order valence-electron chi connectivity index (χ1n) is 11.8. The molecular formula is C26H29ClN4O4. The fraction of sp³-hybridized carbons (Fsp3) is 0.346. The number of hydrogen-bond donors (Lipinski definition) is 1. The highest BCUT2D eigenvalue weighted by Gasteiger charge is 2.22. The number of imidazole rings is 1. The number of ether oxygens (including phenoxy) is 1. The van der Waals surface area contributed by atoms with E-state index in [2.05, 4.69) is 4.98 Å². The molecule has 0 spiro atoms. The van der Waals surface area contributed by atoms with E-state index >= 15 is 0 Å². The van der Waals surface area contributed by atoms with Gasteiger partial charge in [0.25, 0.3) is 5.56 Å². The minimum atomic E-state index is -0.443. The molecule has 0 bridgehead atoms. The maximum absolute atomic E-state index is 13.5. The number of aliphatic hydroxyl groups is 1. The summed E-state index contributed by atoms with van der Waals surface area (Å²) in [4.78, 5) is 31.2. The number of fused-ring (bicyclic) bond motifs is 1. The average Bonchev–Trinajstić information content (AvgIpc) is 3.22. The van der Waals surface area contributed by atoms with Gasteiger partial charge in [0.15, 0.2) is 11.2 Å². The Bertz CT molecular complexity index is 1440. The lowest BCUT2D eigenvalue weighted by Crippen LogP contribution is -2.40. The van der Waals surface area contributed by atoms with E-state index in [0.717, 1.165) is 17.5 Å². The summed E-state index contributed by atoms with van der Waals surface area (Å²) in [5.74, 6) is 0.657. The van der Waals surface area contributed by atoms with Gasteiger partial charge in [-0.2, -0.15) is 4.98 Å². The zero-order valence-electron chi connectivity index (χ0n) is 19.9. The molecule has 0 saturated carbocycles. The van der Waals surface area contributed by atoms with Crippen LogP contribution in [0.25, 0.3) is 11.2 Å². The zero-order chi connectivity index (χ0) is 24.9. The van der Waals surface area contributed by atoms with Crippen molar-refractivity contribution in [1.29, 1.82) is 0 Å². The number of nitrogens with zero attached hydrogens (tertiary/aromatic N) is 4. The van der Waals surface area contributed by atoms with Crippen molar-refractivity contribution in [2.24, 2.45) is 0 Å². The lowest BCUT2D eigenvalue weighted by molar-refractivity contribution is 0.277. The Balaban J connectivity index is 1.89. The van der Waals surface area contributed by atoms with E-state index in [0.29, 0.717) is 47.9 Å². The minimum absolute atomic E-state index is 0.117. The molecule has 0 atom stereocenters. The van der Waals surface area contributed by atoms with E-state index in [9.17, 15) is 14.7 Å². The largest absolute Gasteiger partial charge is 0.425 e. The van der Waals surface area contributed by atoms with Gasteiger partial charge in [-0.05, 0) is 55.5 Å². The third-order valence-corrected chi connectivity index (χ3v) is 6.28. The molecule has 4 aromatic rings. The Labute approximate surface area is 208 Å². The molecule has 0 saturated heterocycles. The summed E-state index contributed by atoms with van der Waals surface area (Å²) in [5, 5.41) is 9.93. The molecule has 4 rings (SSSR count). The van der Waals surface area contributed by atoms with Gasteiger partial charge in [-0.1, -0.05) is 48.9 Å². The van der Waals surface area contributed by atoms with Crippen molar-refractivity contribution >= 4 is 22.8 Å². The normalized spacial score (nSPS) is 11.3. The van der Waals surface area contributed by atoms with E-state index in [1.807, 2.05) is 62.4 Å². The summed E-state index contributed by atoms with van der Waals surface area (Å²) >= 11 is 6.03. The first kappa shape index (κ1) is 24.8. The molecule has 1 N–H and O–H groups in total. The second-order valence-corrected chi connectivity index (χ2v) is 8.66. The monoisotopic (exact) mass is 496 g/mol. The van der Waals surface area contributed by atoms with E-state index in [1.165, 1.54) is 9.13 Å². The van der Waals surface area contributed by atoms with Crippen LogP contribution in [0, 0.1) is 0 Å². The Kier molecular flexibility index (Phi) is 7.73. The molecular weight excluding hydrogens is 468 g/mol. The number of aryl methyl sites for hydroxylation is 4.